The van der Waals surface area contributed by atoms with Crippen molar-refractivity contribution in [3.8, 4) is 0 Å². The molecule has 0 spiro atoms. The molecule has 1 saturated carbocycles. The number of aliphatic hydroxyl groups is 1. The second-order valence-electron chi connectivity index (χ2n) is 11.1. The van der Waals surface area contributed by atoms with E-state index in [9.17, 15) is 5.11 Å². The van der Waals surface area contributed by atoms with E-state index in [0.29, 0.717) is 10.3 Å². The number of halogens is 1. The molecule has 1 heterocycles. The number of benzene rings is 3. The van der Waals surface area contributed by atoms with Gasteiger partial charge in [-0.3, -0.25) is 0 Å². The van der Waals surface area contributed by atoms with Crippen LogP contribution in [0.5, 0.6) is 0 Å². The second kappa shape index (κ2) is 16.1. The molecule has 1 unspecified atom stereocenters. The normalized spacial score (nSPS) is 13.7. The van der Waals surface area contributed by atoms with E-state index in [4.69, 9.17) is 26.5 Å². The summed E-state index contributed by atoms with van der Waals surface area (Å²) in [4.78, 5) is 13.6. The van der Waals surface area contributed by atoms with E-state index in [2.05, 4.69) is 72.4 Å². The van der Waals surface area contributed by atoms with Crippen molar-refractivity contribution >= 4 is 52.4 Å². The number of aliphatic carboxylic acids is 1. The molecule has 42 heavy (non-hydrogen) atoms. The van der Waals surface area contributed by atoms with E-state index < -0.39 is 11.6 Å². The van der Waals surface area contributed by atoms with Gasteiger partial charge in [0.15, 0.2) is 0 Å². The zero-order valence-corrected chi connectivity index (χ0v) is 28.4. The van der Waals surface area contributed by atoms with Gasteiger partial charge in [0.1, 0.15) is 0 Å². The molecule has 5 rings (SSSR count). The monoisotopic (exact) mass is 609 g/mol. The molecule has 0 amide bonds. The first-order valence-corrected chi connectivity index (χ1v) is 15.5. The van der Waals surface area contributed by atoms with Crippen LogP contribution in [-0.2, 0) is 16.8 Å². The van der Waals surface area contributed by atoms with Crippen molar-refractivity contribution < 1.29 is 44.6 Å². The van der Waals surface area contributed by atoms with Crippen molar-refractivity contribution in [2.75, 3.05) is 5.75 Å². The summed E-state index contributed by atoms with van der Waals surface area (Å²) in [5.41, 5.74) is 5.81. The molecule has 214 valence electrons. The van der Waals surface area contributed by atoms with E-state index in [-0.39, 0.29) is 29.6 Å². The van der Waals surface area contributed by atoms with Gasteiger partial charge in [-0.25, -0.2) is 4.98 Å². The molecule has 0 saturated heterocycles. The predicted molar refractivity (Wildman–Crippen MR) is 171 cm³/mol. The third-order valence-corrected chi connectivity index (χ3v) is 8.80. The SMILES string of the molecule is CC(=O)[O-].CC(C)(O)c1ccccc1CCC(SCC1CC1)c1cccc(/C=C/c2ccc3ccc(Cl)cc3n2)c1.[Na+]. The van der Waals surface area contributed by atoms with Crippen LogP contribution in [0.3, 0.4) is 0 Å². The van der Waals surface area contributed by atoms with E-state index in [0.717, 1.165) is 47.8 Å². The summed E-state index contributed by atoms with van der Waals surface area (Å²) >= 11 is 8.26. The molecule has 0 aliphatic heterocycles. The predicted octanol–water partition coefficient (Wildman–Crippen LogP) is 4.86. The average molecular weight is 610 g/mol. The summed E-state index contributed by atoms with van der Waals surface area (Å²) in [5, 5.41) is 21.8. The van der Waals surface area contributed by atoms with E-state index in [1.165, 1.54) is 35.3 Å². The fraction of sp³-hybridized carbons (Fsp3) is 0.314. The maximum absolute atomic E-state index is 10.7. The minimum atomic E-state index is -1.08. The Bertz CT molecular complexity index is 1510. The van der Waals surface area contributed by atoms with Gasteiger partial charge in [-0.1, -0.05) is 78.3 Å². The van der Waals surface area contributed by atoms with E-state index in [1.807, 2.05) is 44.2 Å². The van der Waals surface area contributed by atoms with Crippen LogP contribution >= 0.6 is 23.4 Å². The maximum Gasteiger partial charge on any atom is 1.00 e. The third kappa shape index (κ3) is 10.9. The number of pyridine rings is 1. The Labute approximate surface area is 280 Å². The molecule has 1 atom stereocenters. The summed E-state index contributed by atoms with van der Waals surface area (Å²) in [5.74, 6) is 1.02. The maximum atomic E-state index is 10.7. The van der Waals surface area contributed by atoms with Crippen LogP contribution in [0.4, 0.5) is 0 Å². The van der Waals surface area contributed by atoms with Crippen molar-refractivity contribution in [1.29, 1.82) is 0 Å². The van der Waals surface area contributed by atoms with Crippen LogP contribution in [0, 0.1) is 5.92 Å². The molecule has 0 radical (unpaired) electrons. The molecule has 1 aliphatic rings. The number of hydrogen-bond donors (Lipinski definition) is 1. The van der Waals surface area contributed by atoms with Gasteiger partial charge in [0, 0.05) is 21.6 Å². The number of carbonyl (C=O) groups excluding carboxylic acids is 1. The zero-order valence-electron chi connectivity index (χ0n) is 24.8. The van der Waals surface area contributed by atoms with Crippen molar-refractivity contribution in [2.45, 2.75) is 57.3 Å². The molecule has 4 aromatic rings. The first-order chi connectivity index (χ1) is 19.6. The number of aryl methyl sites for hydroxylation is 1. The Kier molecular flexibility index (Phi) is 13.2. The number of hydrogen-bond acceptors (Lipinski definition) is 5. The average Bonchev–Trinajstić information content (AvgIpc) is 3.76. The smallest absolute Gasteiger partial charge is 0.550 e. The zero-order chi connectivity index (χ0) is 29.4. The third-order valence-electron chi connectivity index (χ3n) is 6.99. The number of carboxylic acids is 1. The standard InChI is InChI=1S/C33H34ClNOS.C2H4O2.Na/c1-33(2,36)30-9-4-3-7-25(30)15-19-32(37-22-24-10-11-24)27-8-5-6-23(20-27)12-17-29-18-14-26-13-16-28(34)21-31(26)35-29;1-2(3)4;/h3-9,12-14,16-18,20-21,24,32,36H,10-11,15,19,22H2,1-2H3;1H3,(H,3,4);/q;;+1/p-1/b17-12+;;. The number of thioether (sulfide) groups is 1. The molecule has 7 heteroatoms. The molecular weight excluding hydrogens is 573 g/mol. The van der Waals surface area contributed by atoms with E-state index in [1.54, 1.807) is 0 Å². The van der Waals surface area contributed by atoms with Crippen LogP contribution in [0.25, 0.3) is 23.1 Å². The first-order valence-electron chi connectivity index (χ1n) is 14.0. The van der Waals surface area contributed by atoms with E-state index >= 15 is 0 Å². The fourth-order valence-corrected chi connectivity index (χ4v) is 6.38. The number of rotatable bonds is 10. The first kappa shape index (κ1) is 34.4. The number of carbonyl (C=O) groups is 1. The topological polar surface area (TPSA) is 73.2 Å². The summed E-state index contributed by atoms with van der Waals surface area (Å²) in [6.07, 6.45) is 8.96. The molecule has 1 aliphatic carbocycles. The Balaban J connectivity index is 0.000000911. The van der Waals surface area contributed by atoms with Gasteiger partial charge in [-0.2, -0.15) is 11.8 Å². The van der Waals surface area contributed by atoms with Gasteiger partial charge in [0.25, 0.3) is 0 Å². The van der Waals surface area contributed by atoms with Crippen molar-refractivity contribution in [3.05, 3.63) is 112 Å². The molecule has 0 bridgehead atoms. The van der Waals surface area contributed by atoms with Crippen LogP contribution in [-0.4, -0.2) is 21.8 Å². The van der Waals surface area contributed by atoms with Crippen LogP contribution in [0.1, 0.15) is 73.2 Å². The Hall–Kier alpha value is -2.12. The number of carboxylic acid groups (broad SMARTS) is 1. The molecule has 1 N–H and O–H groups in total. The summed E-state index contributed by atoms with van der Waals surface area (Å²) in [6, 6.07) is 27.2. The van der Waals surface area contributed by atoms with Gasteiger partial charge in [0.2, 0.25) is 0 Å². The largest absolute Gasteiger partial charge is 1.00 e. The molecule has 4 nitrogen and oxygen atoms in total. The molecule has 1 aromatic heterocycles. The van der Waals surface area contributed by atoms with Gasteiger partial charge >= 0.3 is 29.6 Å². The van der Waals surface area contributed by atoms with Crippen LogP contribution in [0.15, 0.2) is 78.9 Å². The summed E-state index contributed by atoms with van der Waals surface area (Å²) in [6.45, 7) is 4.72. The number of aromatic nitrogens is 1. The van der Waals surface area contributed by atoms with Crippen molar-refractivity contribution in [1.82, 2.24) is 4.98 Å². The minimum Gasteiger partial charge on any atom is -0.550 e. The second-order valence-corrected chi connectivity index (χ2v) is 12.8. The van der Waals surface area contributed by atoms with Gasteiger partial charge in [-0.15, -0.1) is 0 Å². The fourth-order valence-electron chi connectivity index (χ4n) is 4.75. The number of fused-ring (bicyclic) bond motifs is 1. The van der Waals surface area contributed by atoms with Gasteiger partial charge in [-0.05, 0) is 105 Å². The van der Waals surface area contributed by atoms with Crippen LogP contribution in [0.2, 0.25) is 5.02 Å². The van der Waals surface area contributed by atoms with Crippen LogP contribution < -0.4 is 34.7 Å². The summed E-state index contributed by atoms with van der Waals surface area (Å²) < 4.78 is 0. The minimum absolute atomic E-state index is 0. The quantitative estimate of drug-likeness (QED) is 0.260. The molecular formula is C35H37ClNNaO3S. The van der Waals surface area contributed by atoms with Gasteiger partial charge in [0.05, 0.1) is 16.8 Å². The Morgan fingerprint density at radius 3 is 2.50 bits per heavy atom. The molecule has 3 aromatic carbocycles. The Morgan fingerprint density at radius 1 is 1.07 bits per heavy atom. The molecule has 1 fully saturated rings. The van der Waals surface area contributed by atoms with Crippen molar-refractivity contribution in [3.63, 3.8) is 0 Å². The summed E-state index contributed by atoms with van der Waals surface area (Å²) in [7, 11) is 0. The van der Waals surface area contributed by atoms with Gasteiger partial charge < -0.3 is 15.0 Å². The van der Waals surface area contributed by atoms with Crippen molar-refractivity contribution in [2.24, 2.45) is 5.92 Å². The number of nitrogens with zero attached hydrogens (tertiary/aromatic N) is 1. The Morgan fingerprint density at radius 2 is 1.79 bits per heavy atom.